The second kappa shape index (κ2) is 6.88. The van der Waals surface area contributed by atoms with Gasteiger partial charge in [-0.05, 0) is 62.2 Å². The molecule has 2 amide bonds. The molecule has 0 fully saturated rings. The number of nitrogens with zero attached hydrogens (tertiary/aromatic N) is 1. The second-order valence-electron chi connectivity index (χ2n) is 5.48. The number of fused-ring (bicyclic) bond motifs is 1. The first-order valence-electron chi connectivity index (χ1n) is 7.74. The number of nitrogens with one attached hydrogen (secondary N) is 2. The fourth-order valence-electron chi connectivity index (χ4n) is 2.48. The highest BCUT2D eigenvalue weighted by Crippen LogP contribution is 2.29. The van der Waals surface area contributed by atoms with Gasteiger partial charge in [-0.2, -0.15) is 0 Å². The van der Waals surface area contributed by atoms with E-state index >= 15 is 0 Å². The number of aryl methyl sites for hydroxylation is 2. The minimum Gasteiger partial charge on any atom is -0.494 e. The Morgan fingerprint density at radius 1 is 1.17 bits per heavy atom. The van der Waals surface area contributed by atoms with E-state index in [9.17, 15) is 4.79 Å². The van der Waals surface area contributed by atoms with E-state index in [1.165, 1.54) is 16.9 Å². The average Bonchev–Trinajstić information content (AvgIpc) is 2.92. The fraction of sp³-hybridized carbons (Fsp3) is 0.222. The van der Waals surface area contributed by atoms with Crippen LogP contribution in [0.3, 0.4) is 0 Å². The van der Waals surface area contributed by atoms with E-state index in [-0.39, 0.29) is 6.03 Å². The van der Waals surface area contributed by atoms with Gasteiger partial charge < -0.3 is 10.1 Å². The number of urea groups is 1. The molecule has 1 heterocycles. The van der Waals surface area contributed by atoms with Gasteiger partial charge in [-0.15, -0.1) is 0 Å². The van der Waals surface area contributed by atoms with Crippen molar-refractivity contribution in [3.05, 3.63) is 47.5 Å². The third-order valence-corrected chi connectivity index (χ3v) is 4.39. The Balaban J connectivity index is 1.69. The average molecular weight is 341 g/mol. The lowest BCUT2D eigenvalue weighted by atomic mass is 10.1. The molecule has 124 valence electrons. The predicted molar refractivity (Wildman–Crippen MR) is 99.3 cm³/mol. The van der Waals surface area contributed by atoms with Crippen LogP contribution in [0.5, 0.6) is 5.75 Å². The van der Waals surface area contributed by atoms with Crippen LogP contribution < -0.4 is 15.4 Å². The zero-order valence-electron chi connectivity index (χ0n) is 13.8. The molecule has 24 heavy (non-hydrogen) atoms. The SMILES string of the molecule is CCOc1ccc(NC(=O)Nc2nc3c(C)cc(C)cc3s2)cc1. The zero-order chi connectivity index (χ0) is 17.1. The maximum atomic E-state index is 12.1. The molecule has 1 aromatic heterocycles. The Bertz CT molecular complexity index is 872. The summed E-state index contributed by atoms with van der Waals surface area (Å²) in [7, 11) is 0. The maximum Gasteiger partial charge on any atom is 0.325 e. The molecule has 6 heteroatoms. The third-order valence-electron chi connectivity index (χ3n) is 3.47. The van der Waals surface area contributed by atoms with Gasteiger partial charge in [0.15, 0.2) is 5.13 Å². The minimum absolute atomic E-state index is 0.312. The highest BCUT2D eigenvalue weighted by molar-refractivity contribution is 7.22. The normalized spacial score (nSPS) is 10.6. The number of anilines is 2. The summed E-state index contributed by atoms with van der Waals surface area (Å²) in [6.45, 7) is 6.63. The Morgan fingerprint density at radius 3 is 2.62 bits per heavy atom. The molecule has 0 aliphatic rings. The molecule has 2 N–H and O–H groups in total. The summed E-state index contributed by atoms with van der Waals surface area (Å²) in [5.74, 6) is 0.778. The molecule has 0 atom stereocenters. The predicted octanol–water partition coefficient (Wildman–Crippen LogP) is 4.96. The first-order chi connectivity index (χ1) is 11.5. The Morgan fingerprint density at radius 2 is 1.92 bits per heavy atom. The van der Waals surface area contributed by atoms with E-state index in [0.29, 0.717) is 17.4 Å². The number of rotatable bonds is 4. The van der Waals surface area contributed by atoms with E-state index in [4.69, 9.17) is 4.74 Å². The van der Waals surface area contributed by atoms with Crippen LogP contribution in [0, 0.1) is 13.8 Å². The first kappa shape index (κ1) is 16.3. The lowest BCUT2D eigenvalue weighted by Crippen LogP contribution is -2.19. The van der Waals surface area contributed by atoms with Crippen molar-refractivity contribution in [2.75, 3.05) is 17.2 Å². The van der Waals surface area contributed by atoms with Crippen LogP contribution in [0.4, 0.5) is 15.6 Å². The van der Waals surface area contributed by atoms with Crippen molar-refractivity contribution < 1.29 is 9.53 Å². The maximum absolute atomic E-state index is 12.1. The lowest BCUT2D eigenvalue weighted by molar-refractivity contribution is 0.262. The van der Waals surface area contributed by atoms with E-state index in [2.05, 4.69) is 34.7 Å². The number of carbonyl (C=O) groups excluding carboxylic acids is 1. The molecular weight excluding hydrogens is 322 g/mol. The van der Waals surface area contributed by atoms with Crippen LogP contribution in [-0.2, 0) is 0 Å². The van der Waals surface area contributed by atoms with Crippen molar-refractivity contribution in [1.29, 1.82) is 0 Å². The lowest BCUT2D eigenvalue weighted by Gasteiger charge is -2.07. The van der Waals surface area contributed by atoms with E-state index in [1.807, 2.05) is 26.0 Å². The summed E-state index contributed by atoms with van der Waals surface area (Å²) in [6, 6.07) is 11.1. The van der Waals surface area contributed by atoms with Crippen molar-refractivity contribution in [3.63, 3.8) is 0 Å². The molecule has 0 unspecified atom stereocenters. The van der Waals surface area contributed by atoms with Crippen LogP contribution in [0.15, 0.2) is 36.4 Å². The number of thiazole rings is 1. The van der Waals surface area contributed by atoms with E-state index in [0.717, 1.165) is 21.5 Å². The summed E-state index contributed by atoms with van der Waals surface area (Å²) >= 11 is 1.47. The first-order valence-corrected chi connectivity index (χ1v) is 8.55. The molecule has 3 rings (SSSR count). The molecule has 0 bridgehead atoms. The molecule has 5 nitrogen and oxygen atoms in total. The van der Waals surface area contributed by atoms with Gasteiger partial charge in [0.05, 0.1) is 16.8 Å². The number of ether oxygens (including phenoxy) is 1. The molecule has 2 aromatic carbocycles. The van der Waals surface area contributed by atoms with Gasteiger partial charge in [0.1, 0.15) is 5.75 Å². The molecule has 3 aromatic rings. The summed E-state index contributed by atoms with van der Waals surface area (Å²) in [5, 5.41) is 6.17. The minimum atomic E-state index is -0.312. The number of amides is 2. The number of aromatic nitrogens is 1. The molecule has 0 aliphatic heterocycles. The molecule has 0 saturated carbocycles. The number of benzene rings is 2. The second-order valence-corrected chi connectivity index (χ2v) is 6.51. The van der Waals surface area contributed by atoms with Crippen molar-refractivity contribution in [1.82, 2.24) is 4.98 Å². The van der Waals surface area contributed by atoms with Gasteiger partial charge in [0, 0.05) is 5.69 Å². The molecule has 0 spiro atoms. The number of carbonyl (C=O) groups is 1. The number of hydrogen-bond acceptors (Lipinski definition) is 4. The van der Waals surface area contributed by atoms with E-state index in [1.54, 1.807) is 12.1 Å². The molecule has 0 aliphatic carbocycles. The van der Waals surface area contributed by atoms with Crippen molar-refractivity contribution in [2.24, 2.45) is 0 Å². The standard InChI is InChI=1S/C18H19N3O2S/c1-4-23-14-7-5-13(6-8-14)19-17(22)21-18-20-16-12(3)9-11(2)10-15(16)24-18/h5-10H,4H2,1-3H3,(H2,19,20,21,22). The molecular formula is C18H19N3O2S. The van der Waals surface area contributed by atoms with Crippen LogP contribution in [0.2, 0.25) is 0 Å². The van der Waals surface area contributed by atoms with Crippen LogP contribution >= 0.6 is 11.3 Å². The van der Waals surface area contributed by atoms with Crippen molar-refractivity contribution in [2.45, 2.75) is 20.8 Å². The van der Waals surface area contributed by atoms with Crippen molar-refractivity contribution >= 4 is 38.4 Å². The van der Waals surface area contributed by atoms with Gasteiger partial charge in [-0.3, -0.25) is 5.32 Å². The largest absolute Gasteiger partial charge is 0.494 e. The third kappa shape index (κ3) is 3.65. The Kier molecular flexibility index (Phi) is 4.66. The van der Waals surface area contributed by atoms with Crippen LogP contribution in [0.1, 0.15) is 18.1 Å². The smallest absolute Gasteiger partial charge is 0.325 e. The summed E-state index contributed by atoms with van der Waals surface area (Å²) in [4.78, 5) is 16.6. The zero-order valence-corrected chi connectivity index (χ0v) is 14.7. The van der Waals surface area contributed by atoms with Gasteiger partial charge in [0.2, 0.25) is 0 Å². The summed E-state index contributed by atoms with van der Waals surface area (Å²) in [5.41, 5.74) is 3.93. The fourth-order valence-corrected chi connectivity index (χ4v) is 3.52. The quantitative estimate of drug-likeness (QED) is 0.705. The van der Waals surface area contributed by atoms with Gasteiger partial charge in [0.25, 0.3) is 0 Å². The van der Waals surface area contributed by atoms with Gasteiger partial charge in [-0.25, -0.2) is 9.78 Å². The molecule has 0 radical (unpaired) electrons. The van der Waals surface area contributed by atoms with Crippen molar-refractivity contribution in [3.8, 4) is 5.75 Å². The summed E-state index contributed by atoms with van der Waals surface area (Å²) < 4.78 is 6.45. The van der Waals surface area contributed by atoms with E-state index < -0.39 is 0 Å². The monoisotopic (exact) mass is 341 g/mol. The number of hydrogen-bond donors (Lipinski definition) is 2. The van der Waals surface area contributed by atoms with Gasteiger partial charge >= 0.3 is 6.03 Å². The van der Waals surface area contributed by atoms with Crippen LogP contribution in [0.25, 0.3) is 10.2 Å². The topological polar surface area (TPSA) is 63.2 Å². The highest BCUT2D eigenvalue weighted by atomic mass is 32.1. The van der Waals surface area contributed by atoms with Gasteiger partial charge in [-0.1, -0.05) is 17.4 Å². The Labute approximate surface area is 144 Å². The highest BCUT2D eigenvalue weighted by Gasteiger charge is 2.10. The van der Waals surface area contributed by atoms with Crippen LogP contribution in [-0.4, -0.2) is 17.6 Å². The molecule has 0 saturated heterocycles. The summed E-state index contributed by atoms with van der Waals surface area (Å²) in [6.07, 6.45) is 0. The Hall–Kier alpha value is -2.60.